The van der Waals surface area contributed by atoms with Crippen molar-refractivity contribution in [2.24, 2.45) is 0 Å². The molecule has 0 radical (unpaired) electrons. The van der Waals surface area contributed by atoms with E-state index in [9.17, 15) is 0 Å². The summed E-state index contributed by atoms with van der Waals surface area (Å²) in [5.74, 6) is 0. The third-order valence-corrected chi connectivity index (χ3v) is 2.11. The summed E-state index contributed by atoms with van der Waals surface area (Å²) < 4.78 is 0. The van der Waals surface area contributed by atoms with Crippen LogP contribution in [0.25, 0.3) is 0 Å². The second kappa shape index (κ2) is 6.66. The van der Waals surface area contributed by atoms with Gasteiger partial charge in [0.2, 0.25) is 0 Å². The fourth-order valence-corrected chi connectivity index (χ4v) is 1.14. The lowest BCUT2D eigenvalue weighted by Crippen LogP contribution is -1.91. The summed E-state index contributed by atoms with van der Waals surface area (Å²) >= 11 is 0. The van der Waals surface area contributed by atoms with Crippen LogP contribution in [0.4, 0.5) is 22.7 Å². The largest absolute Gasteiger partial charge is 0.399 e. The van der Waals surface area contributed by atoms with Crippen molar-refractivity contribution in [1.82, 2.24) is 0 Å². The van der Waals surface area contributed by atoms with Gasteiger partial charge in [0.15, 0.2) is 6.19 Å². The molecule has 0 heterocycles. The number of rotatable bonds is 1. The van der Waals surface area contributed by atoms with E-state index in [1.54, 1.807) is 36.4 Å². The molecule has 0 saturated carbocycles. The van der Waals surface area contributed by atoms with Crippen LogP contribution in [-0.4, -0.2) is 0 Å². The molecule has 0 aliphatic rings. The molecule has 0 fully saturated rings. The Hall–Kier alpha value is -2.87. The molecular weight excluding hydrogens is 226 g/mol. The van der Waals surface area contributed by atoms with Crippen molar-refractivity contribution in [3.8, 4) is 6.19 Å². The number of nitrogens with zero attached hydrogens (tertiary/aromatic N) is 1. The highest BCUT2D eigenvalue weighted by atomic mass is 14.9. The van der Waals surface area contributed by atoms with Gasteiger partial charge in [-0.1, -0.05) is 12.1 Å². The maximum Gasteiger partial charge on any atom is 0.181 e. The minimum atomic E-state index is 0.646. The lowest BCUT2D eigenvalue weighted by atomic mass is 10.3. The predicted molar refractivity (Wildman–Crippen MR) is 75.4 cm³/mol. The zero-order valence-electron chi connectivity index (χ0n) is 9.80. The van der Waals surface area contributed by atoms with E-state index in [1.807, 2.05) is 18.3 Å². The second-order valence-electron chi connectivity index (χ2n) is 3.49. The number of hydrogen-bond donors (Lipinski definition) is 4. The van der Waals surface area contributed by atoms with Gasteiger partial charge >= 0.3 is 0 Å². The number of nitrogens with two attached hydrogens (primary N) is 3. The van der Waals surface area contributed by atoms with Crippen molar-refractivity contribution in [2.45, 2.75) is 0 Å². The number of nitriles is 1. The van der Waals surface area contributed by atoms with Gasteiger partial charge < -0.3 is 17.2 Å². The third-order valence-electron chi connectivity index (χ3n) is 2.11. The van der Waals surface area contributed by atoms with Crippen LogP contribution in [0.15, 0.2) is 48.5 Å². The van der Waals surface area contributed by atoms with E-state index in [-0.39, 0.29) is 0 Å². The molecule has 2 aromatic carbocycles. The van der Waals surface area contributed by atoms with Crippen LogP contribution in [0.5, 0.6) is 0 Å². The average Bonchev–Trinajstić information content (AvgIpc) is 2.37. The zero-order valence-corrected chi connectivity index (χ0v) is 9.80. The van der Waals surface area contributed by atoms with Crippen molar-refractivity contribution in [3.05, 3.63) is 48.5 Å². The first-order valence-corrected chi connectivity index (χ1v) is 5.24. The van der Waals surface area contributed by atoms with E-state index < -0.39 is 0 Å². The van der Waals surface area contributed by atoms with E-state index in [0.29, 0.717) is 17.1 Å². The van der Waals surface area contributed by atoms with Crippen LogP contribution in [0.2, 0.25) is 0 Å². The molecule has 0 saturated heterocycles. The molecule has 0 amide bonds. The Balaban J connectivity index is 0.000000184. The topological polar surface area (TPSA) is 114 Å². The Bertz CT molecular complexity index is 507. The summed E-state index contributed by atoms with van der Waals surface area (Å²) in [7, 11) is 0. The van der Waals surface area contributed by atoms with Crippen molar-refractivity contribution in [2.75, 3.05) is 22.5 Å². The highest BCUT2D eigenvalue weighted by Gasteiger charge is 1.87. The van der Waals surface area contributed by atoms with E-state index in [0.717, 1.165) is 5.69 Å². The first-order valence-electron chi connectivity index (χ1n) is 5.24. The Morgan fingerprint density at radius 1 is 0.833 bits per heavy atom. The zero-order chi connectivity index (χ0) is 13.4. The van der Waals surface area contributed by atoms with Gasteiger partial charge in [0.25, 0.3) is 0 Å². The molecule has 92 valence electrons. The minimum absolute atomic E-state index is 0.646. The Kier molecular flexibility index (Phi) is 4.88. The molecule has 0 aliphatic carbocycles. The fraction of sp³-hybridized carbons (Fsp3) is 0. The van der Waals surface area contributed by atoms with Crippen molar-refractivity contribution >= 4 is 22.7 Å². The van der Waals surface area contributed by atoms with Gasteiger partial charge in [-0.3, -0.25) is 5.32 Å². The molecule has 2 rings (SSSR count). The molecule has 0 bridgehead atoms. The Labute approximate surface area is 106 Å². The number of anilines is 4. The summed E-state index contributed by atoms with van der Waals surface area (Å²) in [6.07, 6.45) is 1.81. The van der Waals surface area contributed by atoms with E-state index in [1.165, 1.54) is 0 Å². The van der Waals surface area contributed by atoms with Gasteiger partial charge in [0.1, 0.15) is 0 Å². The van der Waals surface area contributed by atoms with Gasteiger partial charge in [0, 0.05) is 11.4 Å². The maximum absolute atomic E-state index is 8.20. The molecule has 0 spiro atoms. The van der Waals surface area contributed by atoms with Crippen molar-refractivity contribution in [3.63, 3.8) is 0 Å². The molecule has 2 aromatic rings. The predicted octanol–water partition coefficient (Wildman–Crippen LogP) is 2.01. The first-order chi connectivity index (χ1) is 8.63. The van der Waals surface area contributed by atoms with Gasteiger partial charge in [-0.25, -0.2) is 0 Å². The lowest BCUT2D eigenvalue weighted by molar-refractivity contribution is 1.47. The van der Waals surface area contributed by atoms with Crippen LogP contribution in [0.3, 0.4) is 0 Å². The molecule has 0 aliphatic heterocycles. The van der Waals surface area contributed by atoms with Crippen LogP contribution < -0.4 is 22.5 Å². The minimum Gasteiger partial charge on any atom is -0.399 e. The van der Waals surface area contributed by atoms with E-state index >= 15 is 0 Å². The third kappa shape index (κ3) is 4.33. The van der Waals surface area contributed by atoms with E-state index in [2.05, 4.69) is 5.32 Å². The lowest BCUT2D eigenvalue weighted by Gasteiger charge is -1.95. The number of hydrogen-bond acceptors (Lipinski definition) is 5. The molecule has 18 heavy (non-hydrogen) atoms. The SMILES string of the molecule is N#CNc1ccc(N)cc1.Nc1ccccc1N. The summed E-state index contributed by atoms with van der Waals surface area (Å²) in [5.41, 5.74) is 19.0. The van der Waals surface area contributed by atoms with Crippen LogP contribution in [0.1, 0.15) is 0 Å². The monoisotopic (exact) mass is 241 g/mol. The highest BCUT2D eigenvalue weighted by Crippen LogP contribution is 2.10. The molecule has 0 atom stereocenters. The number of nitrogens with one attached hydrogen (secondary N) is 1. The number of para-hydroxylation sites is 2. The molecule has 0 aromatic heterocycles. The summed E-state index contributed by atoms with van der Waals surface area (Å²) in [6.45, 7) is 0. The molecule has 7 N–H and O–H groups in total. The molecular formula is C13H15N5. The van der Waals surface area contributed by atoms with Crippen LogP contribution >= 0.6 is 0 Å². The second-order valence-corrected chi connectivity index (χ2v) is 3.49. The summed E-state index contributed by atoms with van der Waals surface area (Å²) in [5, 5.41) is 10.7. The quantitative estimate of drug-likeness (QED) is 0.346. The standard InChI is InChI=1S/C7H7N3.C6H8N2/c8-5-10-7-3-1-6(9)2-4-7;7-5-3-1-2-4-6(5)8/h1-4,10H,9H2;1-4H,7-8H2. The molecule has 5 nitrogen and oxygen atoms in total. The Morgan fingerprint density at radius 2 is 1.33 bits per heavy atom. The number of benzene rings is 2. The number of nitrogen functional groups attached to an aromatic ring is 3. The highest BCUT2D eigenvalue weighted by molar-refractivity contribution is 5.62. The first kappa shape index (κ1) is 13.2. The van der Waals surface area contributed by atoms with Crippen LogP contribution in [-0.2, 0) is 0 Å². The van der Waals surface area contributed by atoms with Crippen molar-refractivity contribution < 1.29 is 0 Å². The smallest absolute Gasteiger partial charge is 0.181 e. The fourth-order valence-electron chi connectivity index (χ4n) is 1.14. The average molecular weight is 241 g/mol. The Morgan fingerprint density at radius 3 is 1.72 bits per heavy atom. The summed E-state index contributed by atoms with van der Waals surface area (Å²) in [4.78, 5) is 0. The van der Waals surface area contributed by atoms with Gasteiger partial charge in [-0.15, -0.1) is 0 Å². The summed E-state index contributed by atoms with van der Waals surface area (Å²) in [6, 6.07) is 14.2. The van der Waals surface area contributed by atoms with Crippen molar-refractivity contribution in [1.29, 1.82) is 5.26 Å². The molecule has 0 unspecified atom stereocenters. The maximum atomic E-state index is 8.20. The van der Waals surface area contributed by atoms with E-state index in [4.69, 9.17) is 22.5 Å². The normalized spacial score (nSPS) is 8.61. The van der Waals surface area contributed by atoms with Crippen LogP contribution in [0, 0.1) is 11.5 Å². The van der Waals surface area contributed by atoms with Gasteiger partial charge in [-0.2, -0.15) is 5.26 Å². The molecule has 5 heteroatoms. The van der Waals surface area contributed by atoms with Gasteiger partial charge in [-0.05, 0) is 36.4 Å². The van der Waals surface area contributed by atoms with Gasteiger partial charge in [0.05, 0.1) is 11.4 Å².